The Balaban J connectivity index is 2.18. The predicted octanol–water partition coefficient (Wildman–Crippen LogP) is 0.980. The predicted molar refractivity (Wildman–Crippen MR) is 66.4 cm³/mol. The van der Waals surface area contributed by atoms with Gasteiger partial charge in [0.1, 0.15) is 11.5 Å². The summed E-state index contributed by atoms with van der Waals surface area (Å²) in [6, 6.07) is 5.38. The average Bonchev–Trinajstić information content (AvgIpc) is 2.39. The molecule has 92 valence electrons. The van der Waals surface area contributed by atoms with E-state index in [0.29, 0.717) is 5.82 Å². The number of nitrogens with zero attached hydrogens (tertiary/aromatic N) is 2. The van der Waals surface area contributed by atoms with Crippen molar-refractivity contribution in [3.05, 3.63) is 52.3 Å². The van der Waals surface area contributed by atoms with Crippen LogP contribution in [0.1, 0.15) is 23.1 Å². The highest BCUT2D eigenvalue weighted by molar-refractivity contribution is 6.02. The maximum atomic E-state index is 11.8. The standard InChI is InChI=1S/C12H12N4O2/c1-2-8-4-3-5-10(14-8)16-12(18)9-6-13-7-11(17)15-9/h3-7H,2H2,1H3,(H,15,17)(H,14,16,18). The topological polar surface area (TPSA) is 87.7 Å². The van der Waals surface area contributed by atoms with Crippen LogP contribution in [0.25, 0.3) is 0 Å². The number of aryl methyl sites for hydroxylation is 1. The molecule has 0 aliphatic rings. The Labute approximate surface area is 103 Å². The van der Waals surface area contributed by atoms with E-state index in [0.717, 1.165) is 18.3 Å². The van der Waals surface area contributed by atoms with E-state index in [1.54, 1.807) is 6.07 Å². The number of anilines is 1. The van der Waals surface area contributed by atoms with Gasteiger partial charge >= 0.3 is 0 Å². The summed E-state index contributed by atoms with van der Waals surface area (Å²) < 4.78 is 0. The number of amides is 1. The Hall–Kier alpha value is -2.50. The van der Waals surface area contributed by atoms with Gasteiger partial charge < -0.3 is 10.3 Å². The molecule has 1 amide bonds. The summed E-state index contributed by atoms with van der Waals surface area (Å²) in [6.45, 7) is 1.98. The summed E-state index contributed by atoms with van der Waals surface area (Å²) >= 11 is 0. The van der Waals surface area contributed by atoms with Gasteiger partial charge in [0.2, 0.25) is 0 Å². The van der Waals surface area contributed by atoms with Gasteiger partial charge in [0.25, 0.3) is 11.5 Å². The van der Waals surface area contributed by atoms with Crippen molar-refractivity contribution in [1.82, 2.24) is 15.0 Å². The first-order valence-corrected chi connectivity index (χ1v) is 5.50. The van der Waals surface area contributed by atoms with Gasteiger partial charge in [-0.2, -0.15) is 0 Å². The molecule has 0 spiro atoms. The van der Waals surface area contributed by atoms with E-state index in [1.807, 2.05) is 19.1 Å². The number of pyridine rings is 1. The van der Waals surface area contributed by atoms with E-state index < -0.39 is 11.5 Å². The normalized spacial score (nSPS) is 10.1. The van der Waals surface area contributed by atoms with Crippen LogP contribution < -0.4 is 10.9 Å². The lowest BCUT2D eigenvalue weighted by molar-refractivity contribution is 0.102. The minimum Gasteiger partial charge on any atom is -0.315 e. The van der Waals surface area contributed by atoms with Gasteiger partial charge in [0.05, 0.1) is 12.4 Å². The minimum absolute atomic E-state index is 0.103. The van der Waals surface area contributed by atoms with Crippen LogP contribution in [0.3, 0.4) is 0 Å². The Morgan fingerprint density at radius 2 is 2.22 bits per heavy atom. The van der Waals surface area contributed by atoms with E-state index in [9.17, 15) is 9.59 Å². The Morgan fingerprint density at radius 1 is 1.39 bits per heavy atom. The second-order valence-corrected chi connectivity index (χ2v) is 3.63. The van der Waals surface area contributed by atoms with Crippen molar-refractivity contribution >= 4 is 11.7 Å². The first-order valence-electron chi connectivity index (χ1n) is 5.50. The minimum atomic E-state index is -0.444. The Kier molecular flexibility index (Phi) is 3.47. The first-order chi connectivity index (χ1) is 8.69. The van der Waals surface area contributed by atoms with E-state index in [4.69, 9.17) is 0 Å². The van der Waals surface area contributed by atoms with E-state index >= 15 is 0 Å². The number of hydrogen-bond acceptors (Lipinski definition) is 4. The summed E-state index contributed by atoms with van der Waals surface area (Å²) in [5.41, 5.74) is 0.566. The van der Waals surface area contributed by atoms with Gasteiger partial charge in [-0.1, -0.05) is 13.0 Å². The van der Waals surface area contributed by atoms with Gasteiger partial charge in [0, 0.05) is 5.69 Å². The third-order valence-corrected chi connectivity index (χ3v) is 2.31. The van der Waals surface area contributed by atoms with Crippen LogP contribution in [0.15, 0.2) is 35.4 Å². The molecule has 0 aromatic carbocycles. The number of aromatic amines is 1. The molecule has 2 aromatic rings. The van der Waals surface area contributed by atoms with Crippen molar-refractivity contribution in [2.24, 2.45) is 0 Å². The molecule has 0 radical (unpaired) electrons. The van der Waals surface area contributed by atoms with Gasteiger partial charge in [-0.3, -0.25) is 14.6 Å². The van der Waals surface area contributed by atoms with Gasteiger partial charge in [-0.25, -0.2) is 4.98 Å². The monoisotopic (exact) mass is 244 g/mol. The zero-order valence-corrected chi connectivity index (χ0v) is 9.80. The van der Waals surface area contributed by atoms with Crippen molar-refractivity contribution in [3.63, 3.8) is 0 Å². The number of hydrogen-bond donors (Lipinski definition) is 2. The van der Waals surface area contributed by atoms with E-state index in [-0.39, 0.29) is 5.69 Å². The molecule has 2 rings (SSSR count). The highest BCUT2D eigenvalue weighted by Crippen LogP contribution is 2.06. The maximum absolute atomic E-state index is 11.8. The molecule has 0 saturated carbocycles. The Bertz CT molecular complexity index is 621. The number of carbonyl (C=O) groups is 1. The van der Waals surface area contributed by atoms with Crippen molar-refractivity contribution < 1.29 is 4.79 Å². The summed E-state index contributed by atoms with van der Waals surface area (Å²) in [7, 11) is 0. The number of aromatic nitrogens is 3. The summed E-state index contributed by atoms with van der Waals surface area (Å²) in [5, 5.41) is 2.60. The van der Waals surface area contributed by atoms with Crippen molar-refractivity contribution in [2.75, 3.05) is 5.32 Å². The fraction of sp³-hybridized carbons (Fsp3) is 0.167. The molecule has 2 aromatic heterocycles. The zero-order chi connectivity index (χ0) is 13.0. The fourth-order valence-corrected chi connectivity index (χ4v) is 1.42. The van der Waals surface area contributed by atoms with Crippen molar-refractivity contribution in [1.29, 1.82) is 0 Å². The molecule has 0 atom stereocenters. The van der Waals surface area contributed by atoms with Crippen LogP contribution in [-0.2, 0) is 6.42 Å². The van der Waals surface area contributed by atoms with Gasteiger partial charge in [-0.15, -0.1) is 0 Å². The number of nitrogens with one attached hydrogen (secondary N) is 2. The fourth-order valence-electron chi connectivity index (χ4n) is 1.42. The average molecular weight is 244 g/mol. The lowest BCUT2D eigenvalue weighted by atomic mass is 10.3. The highest BCUT2D eigenvalue weighted by Gasteiger charge is 2.08. The smallest absolute Gasteiger partial charge is 0.274 e. The molecule has 0 aliphatic heterocycles. The van der Waals surface area contributed by atoms with Crippen LogP contribution >= 0.6 is 0 Å². The number of H-pyrrole nitrogens is 1. The molecule has 0 aliphatic carbocycles. The lowest BCUT2D eigenvalue weighted by Gasteiger charge is -2.05. The molecule has 6 nitrogen and oxygen atoms in total. The van der Waals surface area contributed by atoms with Crippen molar-refractivity contribution in [3.8, 4) is 0 Å². The van der Waals surface area contributed by atoms with Crippen LogP contribution in [0.4, 0.5) is 5.82 Å². The van der Waals surface area contributed by atoms with Gasteiger partial charge in [-0.05, 0) is 18.6 Å². The molecule has 6 heteroatoms. The van der Waals surface area contributed by atoms with E-state index in [2.05, 4.69) is 20.3 Å². The highest BCUT2D eigenvalue weighted by atomic mass is 16.2. The molecule has 18 heavy (non-hydrogen) atoms. The van der Waals surface area contributed by atoms with Crippen LogP contribution in [-0.4, -0.2) is 20.9 Å². The molecule has 0 bridgehead atoms. The van der Waals surface area contributed by atoms with Crippen LogP contribution in [0.2, 0.25) is 0 Å². The van der Waals surface area contributed by atoms with Crippen molar-refractivity contribution in [2.45, 2.75) is 13.3 Å². The number of rotatable bonds is 3. The molecule has 2 heterocycles. The summed E-state index contributed by atoms with van der Waals surface area (Å²) in [4.78, 5) is 33.1. The third kappa shape index (κ3) is 2.79. The molecular formula is C12H12N4O2. The second-order valence-electron chi connectivity index (χ2n) is 3.63. The molecule has 0 saturated heterocycles. The summed E-state index contributed by atoms with van der Waals surface area (Å²) in [6.07, 6.45) is 3.18. The SMILES string of the molecule is CCc1cccc(NC(=O)c2cncc(=O)[nH]2)n1. The second kappa shape index (κ2) is 5.22. The quantitative estimate of drug-likeness (QED) is 0.842. The lowest BCUT2D eigenvalue weighted by Crippen LogP contribution is -2.19. The van der Waals surface area contributed by atoms with Gasteiger partial charge in [0.15, 0.2) is 0 Å². The number of carbonyl (C=O) groups excluding carboxylic acids is 1. The van der Waals surface area contributed by atoms with Crippen LogP contribution in [0, 0.1) is 0 Å². The molecule has 0 unspecified atom stereocenters. The van der Waals surface area contributed by atoms with Crippen LogP contribution in [0.5, 0.6) is 0 Å². The van der Waals surface area contributed by atoms with E-state index in [1.165, 1.54) is 6.20 Å². The maximum Gasteiger partial charge on any atom is 0.274 e. The molecule has 2 N–H and O–H groups in total. The third-order valence-electron chi connectivity index (χ3n) is 2.31. The Morgan fingerprint density at radius 3 is 2.94 bits per heavy atom. The first kappa shape index (κ1) is 12.0. The molecule has 0 fully saturated rings. The molecular weight excluding hydrogens is 232 g/mol. The zero-order valence-electron chi connectivity index (χ0n) is 9.80. The summed E-state index contributed by atoms with van der Waals surface area (Å²) in [5.74, 6) is 0.00463. The largest absolute Gasteiger partial charge is 0.315 e.